The predicted molar refractivity (Wildman–Crippen MR) is 116 cm³/mol. The number of carbonyl (C=O) groups excluding carboxylic acids is 2. The Bertz CT molecular complexity index is 757. The van der Waals surface area contributed by atoms with Gasteiger partial charge in [-0.1, -0.05) is 27.2 Å². The lowest BCUT2D eigenvalue weighted by molar-refractivity contribution is -0.121. The third kappa shape index (κ3) is 8.31. The van der Waals surface area contributed by atoms with Crippen molar-refractivity contribution in [3.63, 3.8) is 0 Å². The minimum Gasteiger partial charge on any atom is -0.370 e. The van der Waals surface area contributed by atoms with Crippen LogP contribution in [-0.4, -0.2) is 56.2 Å². The third-order valence-corrected chi connectivity index (χ3v) is 6.14. The maximum absolute atomic E-state index is 12.7. The molecule has 11 heteroatoms. The molecule has 172 valence electrons. The van der Waals surface area contributed by atoms with Gasteiger partial charge < -0.3 is 21.5 Å². The molecule has 0 spiro atoms. The second-order valence-electron chi connectivity index (χ2n) is 7.39. The van der Waals surface area contributed by atoms with E-state index in [4.69, 9.17) is 16.2 Å². The first-order valence-electron chi connectivity index (χ1n) is 10.3. The van der Waals surface area contributed by atoms with Crippen LogP contribution in [0.25, 0.3) is 0 Å². The first kappa shape index (κ1) is 25.9. The number of carbonyl (C=O) groups is 2. The van der Waals surface area contributed by atoms with Crippen LogP contribution in [0.4, 0.5) is 0 Å². The number of nitrogens with two attached hydrogens (primary N) is 2. The number of nitrogens with one attached hydrogen (secondary N) is 2. The van der Waals surface area contributed by atoms with Crippen LogP contribution >= 0.6 is 0 Å². The van der Waals surface area contributed by atoms with E-state index in [2.05, 4.69) is 15.0 Å². The monoisotopic (exact) mass is 445 g/mol. The normalized spacial score (nSPS) is 21.6. The molecule has 1 aliphatic rings. The summed E-state index contributed by atoms with van der Waals surface area (Å²) in [5.41, 5.74) is 11.3. The minimum atomic E-state index is -3.75. The van der Waals surface area contributed by atoms with Gasteiger partial charge in [0.2, 0.25) is 15.9 Å². The molecule has 2 amide bonds. The highest BCUT2D eigenvalue weighted by Crippen LogP contribution is 2.26. The lowest BCUT2D eigenvalue weighted by Crippen LogP contribution is -2.54. The van der Waals surface area contributed by atoms with E-state index in [-0.39, 0.29) is 35.7 Å². The van der Waals surface area contributed by atoms with Gasteiger partial charge in [-0.05, 0) is 25.3 Å². The van der Waals surface area contributed by atoms with E-state index >= 15 is 0 Å². The zero-order valence-corrected chi connectivity index (χ0v) is 19.0. The van der Waals surface area contributed by atoms with E-state index < -0.39 is 34.1 Å². The van der Waals surface area contributed by atoms with Crippen LogP contribution in [0, 0.1) is 0 Å². The molecule has 0 aromatic rings. The summed E-state index contributed by atoms with van der Waals surface area (Å²) in [6.45, 7) is 7.17. The maximum Gasteiger partial charge on any atom is 0.260 e. The number of hydrogen-bond donors (Lipinski definition) is 4. The number of rotatable bonds is 11. The van der Waals surface area contributed by atoms with Crippen LogP contribution in [0.5, 0.6) is 0 Å². The molecule has 6 N–H and O–H groups in total. The molecule has 0 radical (unpaired) electrons. The fraction of sp³-hybridized carbons (Fsp3) is 0.737. The second kappa shape index (κ2) is 11.9. The predicted octanol–water partition coefficient (Wildman–Crippen LogP) is 0.283. The van der Waals surface area contributed by atoms with Gasteiger partial charge in [-0.3, -0.25) is 9.59 Å². The van der Waals surface area contributed by atoms with Crippen LogP contribution < -0.4 is 21.5 Å². The molecular weight excluding hydrogens is 410 g/mol. The van der Waals surface area contributed by atoms with E-state index in [9.17, 15) is 18.0 Å². The van der Waals surface area contributed by atoms with Gasteiger partial charge in [0, 0.05) is 18.9 Å². The molecule has 0 aliphatic heterocycles. The first-order valence-corrected chi connectivity index (χ1v) is 11.9. The van der Waals surface area contributed by atoms with Crippen LogP contribution in [0.2, 0.25) is 0 Å². The topological polar surface area (TPSA) is 166 Å². The number of guanidine groups is 1. The molecule has 0 saturated carbocycles. The van der Waals surface area contributed by atoms with Crippen molar-refractivity contribution in [1.29, 1.82) is 0 Å². The molecule has 0 unspecified atom stereocenters. The summed E-state index contributed by atoms with van der Waals surface area (Å²) in [7, 11) is -3.75. The van der Waals surface area contributed by atoms with Crippen molar-refractivity contribution in [2.75, 3.05) is 5.75 Å². The van der Waals surface area contributed by atoms with Crippen molar-refractivity contribution in [2.24, 2.45) is 16.5 Å². The highest BCUT2D eigenvalue weighted by atomic mass is 32.2. The number of hydrogen-bond acceptors (Lipinski definition) is 6. The first-order chi connectivity index (χ1) is 14.0. The molecule has 0 aromatic heterocycles. The number of amides is 2. The zero-order valence-electron chi connectivity index (χ0n) is 18.2. The van der Waals surface area contributed by atoms with Gasteiger partial charge in [0.15, 0.2) is 5.96 Å². The van der Waals surface area contributed by atoms with Crippen molar-refractivity contribution in [3.8, 4) is 0 Å². The average Bonchev–Trinajstić information content (AvgIpc) is 2.65. The van der Waals surface area contributed by atoms with E-state index in [1.165, 1.54) is 6.92 Å². The van der Waals surface area contributed by atoms with E-state index in [1.807, 2.05) is 20.8 Å². The summed E-state index contributed by atoms with van der Waals surface area (Å²) < 4.78 is 32.5. The SMILES string of the molecule is CCCCS(=O)(=O)NC(=O)C1=C[C@@H](OC(CC)CC)[C@H](NC(C)=O)[C@@H](N=C(N)N)C1. The van der Waals surface area contributed by atoms with Crippen LogP contribution in [0.15, 0.2) is 16.6 Å². The third-order valence-electron chi connectivity index (χ3n) is 4.81. The van der Waals surface area contributed by atoms with Gasteiger partial charge in [-0.25, -0.2) is 18.1 Å². The van der Waals surface area contributed by atoms with E-state index in [1.54, 1.807) is 6.08 Å². The molecule has 0 bridgehead atoms. The quantitative estimate of drug-likeness (QED) is 0.262. The Kier molecular flexibility index (Phi) is 10.3. The summed E-state index contributed by atoms with van der Waals surface area (Å²) >= 11 is 0. The highest BCUT2D eigenvalue weighted by molar-refractivity contribution is 7.90. The van der Waals surface area contributed by atoms with Crippen LogP contribution in [0.1, 0.15) is 59.8 Å². The van der Waals surface area contributed by atoms with Crippen molar-refractivity contribution in [1.82, 2.24) is 10.0 Å². The Morgan fingerprint density at radius 2 is 1.90 bits per heavy atom. The van der Waals surface area contributed by atoms with Crippen molar-refractivity contribution < 1.29 is 22.7 Å². The number of nitrogens with zero attached hydrogens (tertiary/aromatic N) is 1. The Morgan fingerprint density at radius 1 is 1.27 bits per heavy atom. The Balaban J connectivity index is 3.26. The van der Waals surface area contributed by atoms with Crippen molar-refractivity contribution >= 4 is 27.8 Å². The Hall–Kier alpha value is -2.14. The maximum atomic E-state index is 12.7. The van der Waals surface area contributed by atoms with E-state index in [0.29, 0.717) is 12.8 Å². The zero-order chi connectivity index (χ0) is 22.9. The minimum absolute atomic E-state index is 0.0563. The largest absolute Gasteiger partial charge is 0.370 e. The summed E-state index contributed by atoms with van der Waals surface area (Å²) in [5, 5.41) is 2.80. The molecule has 0 heterocycles. The Labute approximate surface area is 178 Å². The smallest absolute Gasteiger partial charge is 0.260 e. The summed E-state index contributed by atoms with van der Waals surface area (Å²) in [6, 6.07) is -1.28. The number of unbranched alkanes of at least 4 members (excludes halogenated alkanes) is 1. The number of ether oxygens (including phenoxy) is 1. The van der Waals surface area contributed by atoms with Crippen LogP contribution in [-0.2, 0) is 24.3 Å². The average molecular weight is 446 g/mol. The van der Waals surface area contributed by atoms with Gasteiger partial charge in [-0.2, -0.15) is 0 Å². The van der Waals surface area contributed by atoms with Gasteiger partial charge in [0.05, 0.1) is 30.0 Å². The van der Waals surface area contributed by atoms with Crippen LogP contribution in [0.3, 0.4) is 0 Å². The van der Waals surface area contributed by atoms with Crippen molar-refractivity contribution in [3.05, 3.63) is 11.6 Å². The van der Waals surface area contributed by atoms with Crippen molar-refractivity contribution in [2.45, 2.75) is 84.1 Å². The molecule has 0 fully saturated rings. The molecule has 3 atom stereocenters. The summed E-state index contributed by atoms with van der Waals surface area (Å²) in [4.78, 5) is 28.6. The fourth-order valence-corrected chi connectivity index (χ4v) is 4.44. The molecular formula is C19H35N5O5S. The standard InChI is InChI=1S/C19H35N5O5S/c1-5-8-9-30(27,28)24-18(26)13-10-15(23-19(20)21)17(22-12(4)25)16(11-13)29-14(6-2)7-3/h11,14-17H,5-10H2,1-4H3,(H,22,25)(H,24,26)(H4,20,21,23)/t15-,16+,17+/m0/s1. The van der Waals surface area contributed by atoms with Gasteiger partial charge >= 0.3 is 0 Å². The molecule has 30 heavy (non-hydrogen) atoms. The molecule has 10 nitrogen and oxygen atoms in total. The molecule has 0 aromatic carbocycles. The van der Waals surface area contributed by atoms with Gasteiger partial charge in [-0.15, -0.1) is 0 Å². The summed E-state index contributed by atoms with van der Waals surface area (Å²) in [5.74, 6) is -1.37. The van der Waals surface area contributed by atoms with E-state index in [0.717, 1.165) is 12.8 Å². The molecule has 1 rings (SSSR count). The number of aliphatic imine (C=N–C) groups is 1. The van der Waals surface area contributed by atoms with Gasteiger partial charge in [0.25, 0.3) is 5.91 Å². The number of sulfonamides is 1. The summed E-state index contributed by atoms with van der Waals surface area (Å²) in [6.07, 6.45) is 3.40. The fourth-order valence-electron chi connectivity index (χ4n) is 3.26. The van der Waals surface area contributed by atoms with Gasteiger partial charge in [0.1, 0.15) is 0 Å². The molecule has 1 aliphatic carbocycles. The second-order valence-corrected chi connectivity index (χ2v) is 9.23. The Morgan fingerprint density at radius 3 is 2.40 bits per heavy atom. The lowest BCUT2D eigenvalue weighted by atomic mass is 9.87. The molecule has 0 saturated heterocycles. The lowest BCUT2D eigenvalue weighted by Gasteiger charge is -2.36. The highest BCUT2D eigenvalue weighted by Gasteiger charge is 2.38.